The fraction of sp³-hybridized carbons (Fsp3) is 0.688. The normalized spacial score (nSPS) is 24.4. The quantitative estimate of drug-likeness (QED) is 0.892. The summed E-state index contributed by atoms with van der Waals surface area (Å²) >= 11 is 0. The molecule has 3 heterocycles. The van der Waals surface area contributed by atoms with Crippen molar-refractivity contribution in [1.82, 2.24) is 14.8 Å². The van der Waals surface area contributed by atoms with Gasteiger partial charge in [-0.3, -0.25) is 14.8 Å². The zero-order valence-corrected chi connectivity index (χ0v) is 12.5. The first kappa shape index (κ1) is 13.8. The van der Waals surface area contributed by atoms with Gasteiger partial charge in [0.15, 0.2) is 0 Å². The van der Waals surface area contributed by atoms with Crippen molar-refractivity contribution in [3.63, 3.8) is 0 Å². The van der Waals surface area contributed by atoms with Gasteiger partial charge >= 0.3 is 0 Å². The Kier molecular flexibility index (Phi) is 4.53. The van der Waals surface area contributed by atoms with Crippen LogP contribution in [0.15, 0.2) is 18.3 Å². The van der Waals surface area contributed by atoms with E-state index in [1.807, 2.05) is 12.3 Å². The molecule has 0 bridgehead atoms. The van der Waals surface area contributed by atoms with Gasteiger partial charge < -0.3 is 5.32 Å². The van der Waals surface area contributed by atoms with Gasteiger partial charge in [-0.05, 0) is 51.4 Å². The lowest BCUT2D eigenvalue weighted by Gasteiger charge is -2.23. The molecule has 0 radical (unpaired) electrons. The molecule has 0 saturated carbocycles. The van der Waals surface area contributed by atoms with Gasteiger partial charge in [0.2, 0.25) is 0 Å². The summed E-state index contributed by atoms with van der Waals surface area (Å²) in [5.74, 6) is 0. The van der Waals surface area contributed by atoms with E-state index in [2.05, 4.69) is 33.1 Å². The lowest BCUT2D eigenvalue weighted by atomic mass is 10.2. The third kappa shape index (κ3) is 3.30. The second kappa shape index (κ2) is 6.55. The van der Waals surface area contributed by atoms with Crippen molar-refractivity contribution in [3.8, 4) is 0 Å². The average Bonchev–Trinajstić information content (AvgIpc) is 3.10. The first-order valence-electron chi connectivity index (χ1n) is 8.00. The minimum Gasteiger partial charge on any atom is -0.385 e. The van der Waals surface area contributed by atoms with Crippen LogP contribution < -0.4 is 5.32 Å². The first-order chi connectivity index (χ1) is 9.85. The van der Waals surface area contributed by atoms with Crippen LogP contribution in [0.3, 0.4) is 0 Å². The summed E-state index contributed by atoms with van der Waals surface area (Å²) in [6.07, 6.45) is 6.03. The van der Waals surface area contributed by atoms with Crippen molar-refractivity contribution >= 4 is 5.69 Å². The first-order valence-corrected chi connectivity index (χ1v) is 8.00. The molecule has 4 nitrogen and oxygen atoms in total. The molecule has 1 unspecified atom stereocenters. The van der Waals surface area contributed by atoms with E-state index in [0.717, 1.165) is 19.1 Å². The number of likely N-dealkylation sites (tertiary alicyclic amines) is 2. The molecule has 110 valence electrons. The van der Waals surface area contributed by atoms with Gasteiger partial charge in [-0.2, -0.15) is 0 Å². The fourth-order valence-electron chi connectivity index (χ4n) is 3.47. The Morgan fingerprint density at radius 3 is 2.95 bits per heavy atom. The van der Waals surface area contributed by atoms with Crippen LogP contribution >= 0.6 is 0 Å². The summed E-state index contributed by atoms with van der Waals surface area (Å²) < 4.78 is 0. The second-order valence-corrected chi connectivity index (χ2v) is 5.99. The smallest absolute Gasteiger partial charge is 0.0564 e. The summed E-state index contributed by atoms with van der Waals surface area (Å²) in [5, 5.41) is 3.36. The summed E-state index contributed by atoms with van der Waals surface area (Å²) in [7, 11) is 0. The van der Waals surface area contributed by atoms with E-state index in [1.54, 1.807) is 0 Å². The molecular weight excluding hydrogens is 248 g/mol. The molecule has 0 spiro atoms. The molecule has 0 aromatic carbocycles. The molecule has 1 aromatic heterocycles. The highest BCUT2D eigenvalue weighted by atomic mass is 15.3. The Labute approximate surface area is 122 Å². The van der Waals surface area contributed by atoms with Crippen LogP contribution in [0.1, 0.15) is 31.9 Å². The van der Waals surface area contributed by atoms with E-state index >= 15 is 0 Å². The maximum Gasteiger partial charge on any atom is 0.0564 e. The van der Waals surface area contributed by atoms with E-state index in [4.69, 9.17) is 0 Å². The van der Waals surface area contributed by atoms with Gasteiger partial charge in [-0.25, -0.2) is 0 Å². The number of nitrogens with one attached hydrogen (secondary N) is 1. The third-order valence-corrected chi connectivity index (χ3v) is 4.49. The maximum atomic E-state index is 4.51. The SMILES string of the molecule is CCNc1ccnc(CN2CCC(N3CCCC3)C2)c1. The van der Waals surface area contributed by atoms with Gasteiger partial charge in [-0.15, -0.1) is 0 Å². The average molecular weight is 274 g/mol. The molecule has 1 N–H and O–H groups in total. The highest BCUT2D eigenvalue weighted by molar-refractivity contribution is 5.42. The van der Waals surface area contributed by atoms with Crippen molar-refractivity contribution in [3.05, 3.63) is 24.0 Å². The zero-order chi connectivity index (χ0) is 13.8. The minimum absolute atomic E-state index is 0.787. The Balaban J connectivity index is 1.54. The van der Waals surface area contributed by atoms with E-state index < -0.39 is 0 Å². The Hall–Kier alpha value is -1.13. The van der Waals surface area contributed by atoms with Gasteiger partial charge in [0, 0.05) is 44.1 Å². The molecule has 2 aliphatic rings. The lowest BCUT2D eigenvalue weighted by Crippen LogP contribution is -2.35. The monoisotopic (exact) mass is 274 g/mol. The van der Waals surface area contributed by atoms with E-state index in [0.29, 0.717) is 0 Å². The molecule has 20 heavy (non-hydrogen) atoms. The Morgan fingerprint density at radius 1 is 1.30 bits per heavy atom. The van der Waals surface area contributed by atoms with Crippen LogP contribution in [0.25, 0.3) is 0 Å². The van der Waals surface area contributed by atoms with Crippen molar-refractivity contribution in [2.45, 2.75) is 38.8 Å². The number of pyridine rings is 1. The summed E-state index contributed by atoms with van der Waals surface area (Å²) in [6, 6.07) is 5.02. The third-order valence-electron chi connectivity index (χ3n) is 4.49. The number of hydrogen-bond acceptors (Lipinski definition) is 4. The number of nitrogens with zero attached hydrogens (tertiary/aromatic N) is 3. The highest BCUT2D eigenvalue weighted by Crippen LogP contribution is 2.21. The number of hydrogen-bond donors (Lipinski definition) is 1. The van der Waals surface area contributed by atoms with Crippen molar-refractivity contribution in [2.24, 2.45) is 0 Å². The number of anilines is 1. The number of aromatic nitrogens is 1. The van der Waals surface area contributed by atoms with Crippen LogP contribution in [-0.4, -0.2) is 53.5 Å². The molecule has 1 aromatic rings. The fourth-order valence-corrected chi connectivity index (χ4v) is 3.47. The minimum atomic E-state index is 0.787. The van der Waals surface area contributed by atoms with E-state index in [1.165, 1.54) is 56.8 Å². The van der Waals surface area contributed by atoms with Gasteiger partial charge in [-0.1, -0.05) is 0 Å². The van der Waals surface area contributed by atoms with Gasteiger partial charge in [0.1, 0.15) is 0 Å². The van der Waals surface area contributed by atoms with E-state index in [-0.39, 0.29) is 0 Å². The molecule has 2 fully saturated rings. The molecule has 4 heteroatoms. The van der Waals surface area contributed by atoms with Crippen LogP contribution in [-0.2, 0) is 6.54 Å². The predicted molar refractivity (Wildman–Crippen MR) is 82.9 cm³/mol. The number of rotatable bonds is 5. The summed E-state index contributed by atoms with van der Waals surface area (Å²) in [4.78, 5) is 9.75. The van der Waals surface area contributed by atoms with Crippen LogP contribution in [0.4, 0.5) is 5.69 Å². The second-order valence-electron chi connectivity index (χ2n) is 5.99. The van der Waals surface area contributed by atoms with Crippen molar-refractivity contribution < 1.29 is 0 Å². The molecule has 1 atom stereocenters. The molecule has 0 amide bonds. The molecule has 2 saturated heterocycles. The van der Waals surface area contributed by atoms with Gasteiger partial charge in [0.05, 0.1) is 5.69 Å². The van der Waals surface area contributed by atoms with Crippen LogP contribution in [0.2, 0.25) is 0 Å². The Morgan fingerprint density at radius 2 is 2.15 bits per heavy atom. The molecular formula is C16H26N4. The Bertz CT molecular complexity index is 428. The summed E-state index contributed by atoms with van der Waals surface area (Å²) in [6.45, 7) is 9.13. The molecule has 0 aliphatic carbocycles. The lowest BCUT2D eigenvalue weighted by molar-refractivity contribution is 0.229. The molecule has 2 aliphatic heterocycles. The van der Waals surface area contributed by atoms with Crippen molar-refractivity contribution in [2.75, 3.05) is 38.0 Å². The van der Waals surface area contributed by atoms with Crippen molar-refractivity contribution in [1.29, 1.82) is 0 Å². The standard InChI is InChI=1S/C16H26N4/c1-2-17-14-5-7-18-15(11-14)12-19-10-6-16(13-19)20-8-3-4-9-20/h5,7,11,16H,2-4,6,8-10,12-13H2,1H3,(H,17,18). The maximum absolute atomic E-state index is 4.51. The predicted octanol–water partition coefficient (Wildman–Crippen LogP) is 2.18. The topological polar surface area (TPSA) is 31.4 Å². The largest absolute Gasteiger partial charge is 0.385 e. The van der Waals surface area contributed by atoms with Crippen LogP contribution in [0, 0.1) is 0 Å². The van der Waals surface area contributed by atoms with E-state index in [9.17, 15) is 0 Å². The zero-order valence-electron chi connectivity index (χ0n) is 12.5. The summed E-state index contributed by atoms with van der Waals surface area (Å²) in [5.41, 5.74) is 2.37. The van der Waals surface area contributed by atoms with Gasteiger partial charge in [0.25, 0.3) is 0 Å². The van der Waals surface area contributed by atoms with Crippen LogP contribution in [0.5, 0.6) is 0 Å². The molecule has 3 rings (SSSR count). The highest BCUT2D eigenvalue weighted by Gasteiger charge is 2.29.